The zero-order valence-corrected chi connectivity index (χ0v) is 52.8. The predicted molar refractivity (Wildman–Crippen MR) is 290 cm³/mol. The Kier molecular flexibility index (Phi) is 73.1. The molecule has 0 heterocycles. The van der Waals surface area contributed by atoms with Gasteiger partial charge in [-0.1, -0.05) is 0 Å². The van der Waals surface area contributed by atoms with Gasteiger partial charge in [0.05, 0.1) is 4.22 Å². The number of hydrogen-bond donors (Lipinski definition) is 1. The van der Waals surface area contributed by atoms with E-state index in [9.17, 15) is 0 Å². The second kappa shape index (κ2) is 90.4. The van der Waals surface area contributed by atoms with E-state index in [1.54, 1.807) is 0 Å². The molecule has 1 N–H and O–H groups in total. The molecule has 0 aromatic carbocycles. The molecule has 0 spiro atoms. The molecule has 111 nitrogen and oxygen atoms in total. The molecule has 0 fully saturated rings. The van der Waals surface area contributed by atoms with Crippen molar-refractivity contribution in [2.24, 2.45) is 574 Å². The number of nitrogens with one attached hydrogen (secondary N) is 1. The lowest BCUT2D eigenvalue weighted by atomic mass is 11.7. The standard InChI is InChI=1S/CH2IN111/c2-1-4-6-8-10-12-14-16-18-20-22-24-26-28-30-32-34-36-38-40-42-44-46-48-50-52-54-56-58-60-62-64-66-68-70-72-74-76-78-80-82-84-86-88-90-92-94-96-98-100-102-104-106-108-110-112-113-111-109-107-105-103-101-99-97-95-93-91-89-87-85-83-81-79-77-75-73-71-69-67-65-63-61-59-57-55-53-51-49-47-45-43-41-39-37-35-33-31-29-27-25-23-21-19-17-15-13-11-9-7-5-3/h1,3H. The van der Waals surface area contributed by atoms with Crippen molar-refractivity contribution in [1.29, 1.82) is 5.53 Å². The molecule has 0 radical (unpaired) electrons. The molecular formula is CH2IN111. The average molecular weight is 1700 g/mol. The molecule has 0 amide bonds. The Hall–Kier alpha value is -21.6. The zero-order chi connectivity index (χ0) is 80.5. The molecule has 0 atom stereocenters. The van der Waals surface area contributed by atoms with Crippen LogP contribution in [0, 0.1) is 5.53 Å². The molecule has 0 rings (SSSR count). The highest BCUT2D eigenvalue weighted by Crippen LogP contribution is 2.00. The second-order valence-electron chi connectivity index (χ2n) is 9.97. The van der Waals surface area contributed by atoms with E-state index in [2.05, 4.69) is 574 Å². The lowest BCUT2D eigenvalue weighted by Crippen LogP contribution is -1.52. The van der Waals surface area contributed by atoms with Crippen LogP contribution in [0.3, 0.4) is 0 Å². The van der Waals surface area contributed by atoms with E-state index in [4.69, 9.17) is 5.53 Å². The van der Waals surface area contributed by atoms with E-state index < -0.39 is 0 Å². The first-order chi connectivity index (χ1) is 56.4. The van der Waals surface area contributed by atoms with Crippen LogP contribution in [0.25, 0.3) is 0 Å². The lowest BCUT2D eigenvalue weighted by Gasteiger charge is -1.71. The number of rotatable bonds is 55. The van der Waals surface area contributed by atoms with Crippen molar-refractivity contribution in [1.82, 2.24) is 0 Å². The van der Waals surface area contributed by atoms with Crippen LogP contribution in [-0.4, -0.2) is 4.22 Å². The molecule has 568 valence electrons. The number of halogens is 1. The van der Waals surface area contributed by atoms with Gasteiger partial charge in [-0.25, -0.2) is 0 Å². The first-order valence-corrected chi connectivity index (χ1v) is 23.7. The fourth-order valence-electron chi connectivity index (χ4n) is 1.96. The highest BCUT2D eigenvalue weighted by atomic mass is 127. The first-order valence-electron chi connectivity index (χ1n) is 22.5. The summed E-state index contributed by atoms with van der Waals surface area (Å²) >= 11 is 1.81. The van der Waals surface area contributed by atoms with Gasteiger partial charge in [0, 0.05) is 486 Å². The van der Waals surface area contributed by atoms with Gasteiger partial charge >= 0.3 is 0 Å². The van der Waals surface area contributed by atoms with Gasteiger partial charge in [-0.15, -0.1) is 5.10 Å². The Balaban J connectivity index is 4.13. The largest absolute Gasteiger partial charge is 0.183 e. The van der Waals surface area contributed by atoms with Crippen molar-refractivity contribution >= 4 is 26.8 Å². The third-order valence-corrected chi connectivity index (χ3v) is 4.67. The molecule has 0 aliphatic carbocycles. The summed E-state index contributed by atoms with van der Waals surface area (Å²) in [6.45, 7) is 0. The maximum atomic E-state index is 6.27. The van der Waals surface area contributed by atoms with Crippen LogP contribution in [0.1, 0.15) is 0 Å². The summed E-state index contributed by atoms with van der Waals surface area (Å²) in [5.41, 5.74) is 6.27. The summed E-state index contributed by atoms with van der Waals surface area (Å²) in [4.78, 5) is 0. The van der Waals surface area contributed by atoms with E-state index in [1.807, 2.05) is 22.6 Å². The van der Waals surface area contributed by atoms with Gasteiger partial charge in [-0.05, 0) is 106 Å². The van der Waals surface area contributed by atoms with Crippen molar-refractivity contribution < 1.29 is 0 Å². The van der Waals surface area contributed by atoms with Gasteiger partial charge in [-0.3, -0.25) is 0 Å². The Morgan fingerprint density at radius 2 is 0.142 bits per heavy atom. The van der Waals surface area contributed by atoms with Crippen molar-refractivity contribution in [3.05, 3.63) is 0 Å². The lowest BCUT2D eigenvalue weighted by molar-refractivity contribution is 0.723. The van der Waals surface area contributed by atoms with Crippen molar-refractivity contribution in [2.75, 3.05) is 0 Å². The maximum Gasteiger partial charge on any atom is 0.0897 e. The minimum atomic E-state index is 1.33. The molecular weight excluding hydrogens is 1690 g/mol. The van der Waals surface area contributed by atoms with Crippen LogP contribution in [0.2, 0.25) is 0 Å². The summed E-state index contributed by atoms with van der Waals surface area (Å²) in [7, 11) is 0. The van der Waals surface area contributed by atoms with Gasteiger partial charge in [-0.2, -0.15) is 5.53 Å². The minimum absolute atomic E-state index is 1.33. The van der Waals surface area contributed by atoms with Crippen molar-refractivity contribution in [2.45, 2.75) is 0 Å². The van der Waals surface area contributed by atoms with E-state index in [1.165, 1.54) is 4.22 Å². The fourth-order valence-corrected chi connectivity index (χ4v) is 2.07. The predicted octanol–water partition coefficient (Wildman–Crippen LogP) is 21.2. The summed E-state index contributed by atoms with van der Waals surface area (Å²) in [6.07, 6.45) is 0. The molecule has 112 heteroatoms. The van der Waals surface area contributed by atoms with Gasteiger partial charge in [0.2, 0.25) is 0 Å². The van der Waals surface area contributed by atoms with Gasteiger partial charge < -0.3 is 0 Å². The molecule has 0 aromatic rings. The fraction of sp³-hybridized carbons (Fsp3) is 0. The molecule has 0 bridgehead atoms. The van der Waals surface area contributed by atoms with Gasteiger partial charge in [0.1, 0.15) is 0 Å². The number of nitrogens with zero attached hydrogens (tertiary/aromatic N) is 110. The SMILES string of the molecule is N=NN=NN=NN=NN=NN=NN=NN=NN=NN=NN=NN=NN=NN=NN=NN=NN=NN=NN=NN=NN=NN=NN=NN=NN=NN=NN=NN=NN=NN=NN=NN=NN=NN=NN=NN=NN=NN=NN=NN=NN=NN=NN=NN=NN=NN=NN=NN=NN=NN=NN=NN=NN=NN=NN=NN=CI. The van der Waals surface area contributed by atoms with Gasteiger partial charge in [0.25, 0.3) is 0 Å². The minimum Gasteiger partial charge on any atom is -0.183 e. The Bertz CT molecular complexity index is 4190. The van der Waals surface area contributed by atoms with Crippen LogP contribution in [0.15, 0.2) is 574 Å². The topological polar surface area (TPSA) is 1380 Å². The van der Waals surface area contributed by atoms with Crippen LogP contribution >= 0.6 is 22.6 Å². The molecule has 0 aliphatic rings. The van der Waals surface area contributed by atoms with E-state index in [-0.39, 0.29) is 0 Å². The van der Waals surface area contributed by atoms with Crippen molar-refractivity contribution in [3.8, 4) is 0 Å². The smallest absolute Gasteiger partial charge is 0.0897 e. The van der Waals surface area contributed by atoms with Gasteiger partial charge in [0.15, 0.2) is 0 Å². The van der Waals surface area contributed by atoms with Crippen molar-refractivity contribution in [3.63, 3.8) is 0 Å². The molecule has 0 saturated heterocycles. The monoisotopic (exact) mass is 1700 g/mol. The maximum absolute atomic E-state index is 6.27. The van der Waals surface area contributed by atoms with E-state index >= 15 is 0 Å². The Labute approximate surface area is 606 Å². The Morgan fingerprint density at radius 3 is 0.195 bits per heavy atom. The molecule has 0 aromatic heterocycles. The van der Waals surface area contributed by atoms with Crippen LogP contribution in [0.5, 0.6) is 0 Å². The summed E-state index contributed by atoms with van der Waals surface area (Å²) < 4.78 is 1.33. The number of hydrogen-bond acceptors (Lipinski definition) is 2. The third-order valence-electron chi connectivity index (χ3n) is 4.42. The quantitative estimate of drug-likeness (QED) is 0.0257. The van der Waals surface area contributed by atoms with E-state index in [0.29, 0.717) is 0 Å². The first kappa shape index (κ1) is 91.4. The second-order valence-corrected chi connectivity index (χ2v) is 10.5. The van der Waals surface area contributed by atoms with Crippen LogP contribution < -0.4 is 0 Å². The Morgan fingerprint density at radius 1 is 0.0885 bits per heavy atom. The summed E-state index contributed by atoms with van der Waals surface area (Å²) in [6, 6.07) is 0. The van der Waals surface area contributed by atoms with Crippen LogP contribution in [-0.2, 0) is 0 Å². The van der Waals surface area contributed by atoms with Crippen LogP contribution in [0.4, 0.5) is 0 Å². The third kappa shape index (κ3) is 90.4. The van der Waals surface area contributed by atoms with E-state index in [0.717, 1.165) is 0 Å². The molecule has 0 saturated carbocycles. The highest BCUT2D eigenvalue weighted by molar-refractivity contribution is 14.1. The summed E-state index contributed by atoms with van der Waals surface area (Å²) in [5, 5.41) is 330. The highest BCUT2D eigenvalue weighted by Gasteiger charge is 1.81. The molecule has 0 aliphatic heterocycles. The zero-order valence-electron chi connectivity index (χ0n) is 50.6. The molecule has 0 unspecified atom stereocenters. The average Bonchev–Trinajstić information content (AvgIpc) is 3.32. The molecule has 113 heavy (non-hydrogen) atoms. The summed E-state index contributed by atoms with van der Waals surface area (Å²) in [5.74, 6) is 0. The normalized spacial score (nSPS) is 15.7.